The SMILES string of the molecule is CCOC1CC(NCc2cccc(Br)c2)C12CCCC2. The number of halogens is 1. The quantitative estimate of drug-likeness (QED) is 0.865. The summed E-state index contributed by atoms with van der Waals surface area (Å²) in [6.07, 6.45) is 7.11. The molecule has 2 saturated carbocycles. The first kappa shape index (κ1) is 14.6. The van der Waals surface area contributed by atoms with Crippen molar-refractivity contribution in [2.24, 2.45) is 5.41 Å². The highest BCUT2D eigenvalue weighted by atomic mass is 79.9. The number of rotatable bonds is 5. The van der Waals surface area contributed by atoms with Gasteiger partial charge in [0.25, 0.3) is 0 Å². The highest BCUT2D eigenvalue weighted by Crippen LogP contribution is 2.54. The molecule has 3 heteroatoms. The Bertz CT molecular complexity index is 456. The zero-order valence-corrected chi connectivity index (χ0v) is 13.8. The molecule has 1 N–H and O–H groups in total. The van der Waals surface area contributed by atoms with Crippen LogP contribution in [0, 0.1) is 5.41 Å². The molecule has 0 aliphatic heterocycles. The normalized spacial score (nSPS) is 27.7. The van der Waals surface area contributed by atoms with E-state index in [2.05, 4.69) is 52.4 Å². The Labute approximate surface area is 130 Å². The molecule has 3 rings (SSSR count). The van der Waals surface area contributed by atoms with Crippen molar-refractivity contribution in [2.75, 3.05) is 6.61 Å². The van der Waals surface area contributed by atoms with E-state index in [1.807, 2.05) is 0 Å². The van der Waals surface area contributed by atoms with Crippen molar-refractivity contribution in [1.29, 1.82) is 0 Å². The van der Waals surface area contributed by atoms with Gasteiger partial charge in [-0.25, -0.2) is 0 Å². The van der Waals surface area contributed by atoms with Crippen LogP contribution in [0.15, 0.2) is 28.7 Å². The number of hydrogen-bond donors (Lipinski definition) is 1. The Balaban J connectivity index is 1.60. The van der Waals surface area contributed by atoms with Gasteiger partial charge in [0.05, 0.1) is 6.10 Å². The molecule has 0 heterocycles. The Hall–Kier alpha value is -0.380. The average Bonchev–Trinajstić information content (AvgIpc) is 2.94. The van der Waals surface area contributed by atoms with E-state index >= 15 is 0 Å². The van der Waals surface area contributed by atoms with Gasteiger partial charge in [-0.2, -0.15) is 0 Å². The summed E-state index contributed by atoms with van der Waals surface area (Å²) in [6, 6.07) is 9.22. The molecular formula is C17H24BrNO. The second-order valence-corrected chi connectivity index (χ2v) is 7.10. The smallest absolute Gasteiger partial charge is 0.0661 e. The first-order valence-corrected chi connectivity index (χ1v) is 8.63. The van der Waals surface area contributed by atoms with Crippen LogP contribution >= 0.6 is 15.9 Å². The van der Waals surface area contributed by atoms with Crippen LogP contribution in [-0.2, 0) is 11.3 Å². The summed E-state index contributed by atoms with van der Waals surface area (Å²) in [6.45, 7) is 3.93. The van der Waals surface area contributed by atoms with Gasteiger partial charge in [0.1, 0.15) is 0 Å². The predicted octanol–water partition coefficient (Wildman–Crippen LogP) is 4.28. The molecule has 1 aromatic carbocycles. The van der Waals surface area contributed by atoms with Gasteiger partial charge in [0, 0.05) is 29.1 Å². The van der Waals surface area contributed by atoms with E-state index in [0.717, 1.165) is 17.6 Å². The van der Waals surface area contributed by atoms with Gasteiger partial charge < -0.3 is 10.1 Å². The van der Waals surface area contributed by atoms with Crippen LogP contribution in [0.1, 0.15) is 44.6 Å². The Morgan fingerprint density at radius 3 is 2.85 bits per heavy atom. The molecule has 0 amide bonds. The maximum absolute atomic E-state index is 5.97. The summed E-state index contributed by atoms with van der Waals surface area (Å²) >= 11 is 3.54. The number of hydrogen-bond acceptors (Lipinski definition) is 2. The molecule has 20 heavy (non-hydrogen) atoms. The van der Waals surface area contributed by atoms with E-state index in [9.17, 15) is 0 Å². The lowest BCUT2D eigenvalue weighted by Gasteiger charge is -2.54. The van der Waals surface area contributed by atoms with Gasteiger partial charge >= 0.3 is 0 Å². The van der Waals surface area contributed by atoms with Gasteiger partial charge in [-0.15, -0.1) is 0 Å². The molecule has 2 aliphatic carbocycles. The molecule has 0 saturated heterocycles. The van der Waals surface area contributed by atoms with Crippen LogP contribution in [0.3, 0.4) is 0 Å². The van der Waals surface area contributed by atoms with Crippen molar-refractivity contribution in [3.63, 3.8) is 0 Å². The summed E-state index contributed by atoms with van der Waals surface area (Å²) in [4.78, 5) is 0. The fourth-order valence-corrected chi connectivity index (χ4v) is 4.51. The highest BCUT2D eigenvalue weighted by Gasteiger charge is 2.56. The minimum absolute atomic E-state index is 0.433. The topological polar surface area (TPSA) is 21.3 Å². The molecule has 2 fully saturated rings. The number of benzene rings is 1. The van der Waals surface area contributed by atoms with E-state index in [1.165, 1.54) is 37.7 Å². The first-order chi connectivity index (χ1) is 9.74. The van der Waals surface area contributed by atoms with Crippen LogP contribution < -0.4 is 5.32 Å². The van der Waals surface area contributed by atoms with Crippen molar-refractivity contribution >= 4 is 15.9 Å². The highest BCUT2D eigenvalue weighted by molar-refractivity contribution is 9.10. The van der Waals surface area contributed by atoms with Gasteiger partial charge in [0.15, 0.2) is 0 Å². The fourth-order valence-electron chi connectivity index (χ4n) is 4.06. The zero-order chi connectivity index (χ0) is 14.0. The van der Waals surface area contributed by atoms with Gasteiger partial charge in [0.2, 0.25) is 0 Å². The molecule has 0 radical (unpaired) electrons. The molecule has 0 aromatic heterocycles. The monoisotopic (exact) mass is 337 g/mol. The van der Waals surface area contributed by atoms with Crippen LogP contribution in [0.2, 0.25) is 0 Å². The van der Waals surface area contributed by atoms with E-state index < -0.39 is 0 Å². The first-order valence-electron chi connectivity index (χ1n) is 7.84. The minimum atomic E-state index is 0.433. The molecular weight excluding hydrogens is 314 g/mol. The van der Waals surface area contributed by atoms with Crippen molar-refractivity contribution in [1.82, 2.24) is 5.32 Å². The lowest BCUT2D eigenvalue weighted by Crippen LogP contribution is -2.62. The fraction of sp³-hybridized carbons (Fsp3) is 0.647. The van der Waals surface area contributed by atoms with Crippen LogP contribution in [-0.4, -0.2) is 18.8 Å². The van der Waals surface area contributed by atoms with Crippen molar-refractivity contribution in [2.45, 2.75) is 57.7 Å². The summed E-state index contributed by atoms with van der Waals surface area (Å²) in [5.74, 6) is 0. The third-order valence-corrected chi connectivity index (χ3v) is 5.62. The predicted molar refractivity (Wildman–Crippen MR) is 85.7 cm³/mol. The van der Waals surface area contributed by atoms with Gasteiger partial charge in [-0.1, -0.05) is 40.9 Å². The van der Waals surface area contributed by atoms with Crippen molar-refractivity contribution < 1.29 is 4.74 Å². The van der Waals surface area contributed by atoms with Crippen LogP contribution in [0.5, 0.6) is 0 Å². The van der Waals surface area contributed by atoms with E-state index in [1.54, 1.807) is 0 Å². The lowest BCUT2D eigenvalue weighted by molar-refractivity contribution is -0.130. The molecule has 2 nitrogen and oxygen atoms in total. The van der Waals surface area contributed by atoms with E-state index in [4.69, 9.17) is 4.74 Å². The van der Waals surface area contributed by atoms with E-state index in [-0.39, 0.29) is 0 Å². The molecule has 2 atom stereocenters. The maximum atomic E-state index is 5.97. The Morgan fingerprint density at radius 2 is 2.15 bits per heavy atom. The zero-order valence-electron chi connectivity index (χ0n) is 12.2. The van der Waals surface area contributed by atoms with Gasteiger partial charge in [-0.05, 0) is 43.9 Å². The van der Waals surface area contributed by atoms with Gasteiger partial charge in [-0.3, -0.25) is 0 Å². The minimum Gasteiger partial charge on any atom is -0.378 e. The standard InChI is InChI=1S/C17H24BrNO/c1-2-20-16-11-15(17(16)8-3-4-9-17)19-12-13-6-5-7-14(18)10-13/h5-7,10,15-16,19H,2-4,8-9,11-12H2,1H3. The molecule has 2 aliphatic rings. The number of ether oxygens (including phenoxy) is 1. The molecule has 1 aromatic rings. The second kappa shape index (κ2) is 6.17. The third kappa shape index (κ3) is 2.68. The maximum Gasteiger partial charge on any atom is 0.0661 e. The second-order valence-electron chi connectivity index (χ2n) is 6.18. The van der Waals surface area contributed by atoms with Crippen LogP contribution in [0.4, 0.5) is 0 Å². The molecule has 2 unspecified atom stereocenters. The molecule has 0 bridgehead atoms. The average molecular weight is 338 g/mol. The van der Waals surface area contributed by atoms with Crippen molar-refractivity contribution in [3.05, 3.63) is 34.3 Å². The Kier molecular flexibility index (Phi) is 4.49. The third-order valence-electron chi connectivity index (χ3n) is 5.13. The summed E-state index contributed by atoms with van der Waals surface area (Å²) < 4.78 is 7.13. The Morgan fingerprint density at radius 1 is 1.35 bits per heavy atom. The largest absolute Gasteiger partial charge is 0.378 e. The summed E-state index contributed by atoms with van der Waals surface area (Å²) in [7, 11) is 0. The lowest BCUT2D eigenvalue weighted by atomic mass is 9.60. The van der Waals surface area contributed by atoms with Crippen molar-refractivity contribution in [3.8, 4) is 0 Å². The van der Waals surface area contributed by atoms with E-state index in [0.29, 0.717) is 17.6 Å². The summed E-state index contributed by atoms with van der Waals surface area (Å²) in [5.41, 5.74) is 1.79. The van der Waals surface area contributed by atoms with Crippen LogP contribution in [0.25, 0.3) is 0 Å². The molecule has 1 spiro atoms. The number of nitrogens with one attached hydrogen (secondary N) is 1. The molecule has 110 valence electrons. The summed E-state index contributed by atoms with van der Waals surface area (Å²) in [5, 5.41) is 3.78.